The average Bonchev–Trinajstić information content (AvgIpc) is 2.64. The smallest absolute Gasteiger partial charge is 0.129 e. The highest BCUT2D eigenvalue weighted by Gasteiger charge is 2.26. The van der Waals surface area contributed by atoms with E-state index in [-0.39, 0.29) is 18.7 Å². The van der Waals surface area contributed by atoms with Crippen molar-refractivity contribution in [3.05, 3.63) is 59.3 Å². The van der Waals surface area contributed by atoms with Crippen molar-refractivity contribution in [2.75, 3.05) is 11.9 Å². The van der Waals surface area contributed by atoms with Crippen molar-refractivity contribution in [1.29, 1.82) is 0 Å². The number of pyridine rings is 1. The summed E-state index contributed by atoms with van der Waals surface area (Å²) in [4.78, 5) is 4.43. The zero-order valence-electron chi connectivity index (χ0n) is 11.3. The molecule has 4 N–H and O–H groups in total. The molecule has 0 bridgehead atoms. The standard InChI is InChI=1S/C16H19N3O/c17-14(7-9-20)15-13-6-2-1-4-11(13)10-12-5-3-8-18-16(12)19-15/h1-6,8,14-15,20H,7,9-10,17H2,(H,18,19). The van der Waals surface area contributed by atoms with Crippen LogP contribution in [0.5, 0.6) is 0 Å². The predicted octanol–water partition coefficient (Wildman–Crippen LogP) is 1.85. The molecule has 0 amide bonds. The summed E-state index contributed by atoms with van der Waals surface area (Å²) in [5, 5.41) is 12.6. The number of rotatable bonds is 3. The fraction of sp³-hybridized carbons (Fsp3) is 0.312. The van der Waals surface area contributed by atoms with Crippen molar-refractivity contribution in [2.45, 2.75) is 24.9 Å². The summed E-state index contributed by atoms with van der Waals surface area (Å²) >= 11 is 0. The summed E-state index contributed by atoms with van der Waals surface area (Å²) in [6.45, 7) is 0.0938. The van der Waals surface area contributed by atoms with Gasteiger partial charge in [-0.3, -0.25) is 0 Å². The average molecular weight is 269 g/mol. The van der Waals surface area contributed by atoms with Crippen LogP contribution in [0.25, 0.3) is 0 Å². The Hall–Kier alpha value is -1.91. The van der Waals surface area contributed by atoms with Crippen LogP contribution in [-0.2, 0) is 6.42 Å². The van der Waals surface area contributed by atoms with E-state index in [0.29, 0.717) is 6.42 Å². The molecule has 3 rings (SSSR count). The number of fused-ring (bicyclic) bond motifs is 2. The second kappa shape index (κ2) is 5.61. The number of anilines is 1. The van der Waals surface area contributed by atoms with E-state index in [9.17, 15) is 0 Å². The number of hydrogen-bond acceptors (Lipinski definition) is 4. The predicted molar refractivity (Wildman–Crippen MR) is 79.5 cm³/mol. The van der Waals surface area contributed by atoms with E-state index in [1.807, 2.05) is 12.1 Å². The van der Waals surface area contributed by atoms with Crippen molar-refractivity contribution >= 4 is 5.82 Å². The molecule has 4 heteroatoms. The monoisotopic (exact) mass is 269 g/mol. The third kappa shape index (κ3) is 2.40. The van der Waals surface area contributed by atoms with Crippen LogP contribution in [-0.4, -0.2) is 22.7 Å². The molecule has 2 aromatic rings. The number of nitrogens with zero attached hydrogens (tertiary/aromatic N) is 1. The zero-order valence-corrected chi connectivity index (χ0v) is 11.3. The van der Waals surface area contributed by atoms with Crippen molar-refractivity contribution in [1.82, 2.24) is 4.98 Å². The minimum Gasteiger partial charge on any atom is -0.396 e. The van der Waals surface area contributed by atoms with Crippen LogP contribution >= 0.6 is 0 Å². The number of aromatic nitrogens is 1. The van der Waals surface area contributed by atoms with Crippen LogP contribution < -0.4 is 11.1 Å². The van der Waals surface area contributed by atoms with E-state index in [4.69, 9.17) is 10.8 Å². The number of aliphatic hydroxyl groups excluding tert-OH is 1. The van der Waals surface area contributed by atoms with E-state index in [0.717, 1.165) is 12.2 Å². The molecule has 2 unspecified atom stereocenters. The molecule has 0 radical (unpaired) electrons. The summed E-state index contributed by atoms with van der Waals surface area (Å²) in [5.41, 5.74) is 9.90. The first kappa shape index (κ1) is 13.1. The molecule has 20 heavy (non-hydrogen) atoms. The molecule has 1 aromatic heterocycles. The molecule has 0 aliphatic carbocycles. The molecule has 1 aliphatic rings. The number of benzene rings is 1. The van der Waals surface area contributed by atoms with Gasteiger partial charge in [-0.1, -0.05) is 30.3 Å². The van der Waals surface area contributed by atoms with Gasteiger partial charge >= 0.3 is 0 Å². The Balaban J connectivity index is 2.05. The summed E-state index contributed by atoms with van der Waals surface area (Å²) in [7, 11) is 0. The van der Waals surface area contributed by atoms with Gasteiger partial charge in [0.1, 0.15) is 5.82 Å². The van der Waals surface area contributed by atoms with Gasteiger partial charge < -0.3 is 16.2 Å². The number of aliphatic hydroxyl groups is 1. The first-order valence-electron chi connectivity index (χ1n) is 6.94. The van der Waals surface area contributed by atoms with Gasteiger partial charge in [-0.15, -0.1) is 0 Å². The summed E-state index contributed by atoms with van der Waals surface area (Å²) in [6, 6.07) is 12.2. The molecule has 0 spiro atoms. The second-order valence-corrected chi connectivity index (χ2v) is 5.18. The van der Waals surface area contributed by atoms with E-state index >= 15 is 0 Å². The van der Waals surface area contributed by atoms with Gasteiger partial charge in [-0.25, -0.2) is 4.98 Å². The fourth-order valence-electron chi connectivity index (χ4n) is 2.79. The van der Waals surface area contributed by atoms with Crippen LogP contribution in [0.3, 0.4) is 0 Å². The Morgan fingerprint density at radius 1 is 1.25 bits per heavy atom. The molecule has 1 aliphatic heterocycles. The van der Waals surface area contributed by atoms with Gasteiger partial charge in [0.25, 0.3) is 0 Å². The molecular formula is C16H19N3O. The van der Waals surface area contributed by atoms with Crippen LogP contribution in [0, 0.1) is 0 Å². The lowest BCUT2D eigenvalue weighted by Gasteiger charge is -2.25. The van der Waals surface area contributed by atoms with Crippen LogP contribution in [0.4, 0.5) is 5.82 Å². The lowest BCUT2D eigenvalue weighted by atomic mass is 9.93. The molecule has 2 atom stereocenters. The van der Waals surface area contributed by atoms with Gasteiger partial charge in [0, 0.05) is 25.3 Å². The number of hydrogen-bond donors (Lipinski definition) is 3. The normalized spacial score (nSPS) is 18.4. The Bertz CT molecular complexity index is 600. The lowest BCUT2D eigenvalue weighted by Crippen LogP contribution is -2.34. The highest BCUT2D eigenvalue weighted by Crippen LogP contribution is 2.32. The maximum atomic E-state index is 9.16. The zero-order chi connectivity index (χ0) is 13.9. The van der Waals surface area contributed by atoms with Gasteiger partial charge in [0.15, 0.2) is 0 Å². The van der Waals surface area contributed by atoms with Crippen LogP contribution in [0.2, 0.25) is 0 Å². The molecule has 1 aromatic carbocycles. The maximum Gasteiger partial charge on any atom is 0.129 e. The van der Waals surface area contributed by atoms with E-state index in [1.54, 1.807) is 6.20 Å². The summed E-state index contributed by atoms with van der Waals surface area (Å²) in [5.74, 6) is 0.891. The third-order valence-electron chi connectivity index (χ3n) is 3.85. The first-order chi connectivity index (χ1) is 9.79. The number of nitrogens with one attached hydrogen (secondary N) is 1. The molecular weight excluding hydrogens is 250 g/mol. The van der Waals surface area contributed by atoms with E-state index in [1.165, 1.54) is 16.7 Å². The Kier molecular flexibility index (Phi) is 3.67. The number of nitrogens with two attached hydrogens (primary N) is 1. The Labute approximate surface area is 118 Å². The molecule has 0 saturated heterocycles. The molecule has 2 heterocycles. The molecule has 104 valence electrons. The quantitative estimate of drug-likeness (QED) is 0.795. The highest BCUT2D eigenvalue weighted by atomic mass is 16.3. The van der Waals surface area contributed by atoms with Crippen molar-refractivity contribution in [3.63, 3.8) is 0 Å². The van der Waals surface area contributed by atoms with Gasteiger partial charge in [-0.2, -0.15) is 0 Å². The molecule has 0 saturated carbocycles. The van der Waals surface area contributed by atoms with Gasteiger partial charge in [0.2, 0.25) is 0 Å². The maximum absolute atomic E-state index is 9.16. The minimum absolute atomic E-state index is 0.0190. The van der Waals surface area contributed by atoms with Crippen molar-refractivity contribution < 1.29 is 5.11 Å². The largest absolute Gasteiger partial charge is 0.396 e. The van der Waals surface area contributed by atoms with Crippen molar-refractivity contribution in [2.24, 2.45) is 5.73 Å². The SMILES string of the molecule is NC(CCO)C1Nc2ncccc2Cc2ccccc21. The minimum atomic E-state index is -0.144. The van der Waals surface area contributed by atoms with E-state index < -0.39 is 0 Å². The van der Waals surface area contributed by atoms with Crippen LogP contribution in [0.15, 0.2) is 42.6 Å². The van der Waals surface area contributed by atoms with Gasteiger partial charge in [-0.05, 0) is 29.2 Å². The topological polar surface area (TPSA) is 71.2 Å². The Morgan fingerprint density at radius 2 is 2.05 bits per heavy atom. The molecule has 4 nitrogen and oxygen atoms in total. The van der Waals surface area contributed by atoms with E-state index in [2.05, 4.69) is 34.6 Å². The third-order valence-corrected chi connectivity index (χ3v) is 3.85. The van der Waals surface area contributed by atoms with Crippen molar-refractivity contribution in [3.8, 4) is 0 Å². The Morgan fingerprint density at radius 3 is 2.90 bits per heavy atom. The highest BCUT2D eigenvalue weighted by molar-refractivity contribution is 5.53. The van der Waals surface area contributed by atoms with Crippen LogP contribution in [0.1, 0.15) is 29.2 Å². The van der Waals surface area contributed by atoms with Gasteiger partial charge in [0.05, 0.1) is 6.04 Å². The summed E-state index contributed by atoms with van der Waals surface area (Å²) in [6.07, 6.45) is 3.21. The fourth-order valence-corrected chi connectivity index (χ4v) is 2.79. The summed E-state index contributed by atoms with van der Waals surface area (Å²) < 4.78 is 0. The lowest BCUT2D eigenvalue weighted by molar-refractivity contribution is 0.270. The molecule has 0 fully saturated rings. The first-order valence-corrected chi connectivity index (χ1v) is 6.94. The second-order valence-electron chi connectivity index (χ2n) is 5.18.